The van der Waals surface area contributed by atoms with Crippen LogP contribution in [0.3, 0.4) is 0 Å². The lowest BCUT2D eigenvalue weighted by Gasteiger charge is -2.11. The Morgan fingerprint density at radius 1 is 1.48 bits per heavy atom. The maximum atomic E-state index is 13.8. The van der Waals surface area contributed by atoms with Crippen molar-refractivity contribution in [1.82, 2.24) is 9.78 Å². The van der Waals surface area contributed by atoms with Gasteiger partial charge in [-0.2, -0.15) is 5.10 Å². The van der Waals surface area contributed by atoms with E-state index < -0.39 is 0 Å². The SMILES string of the molecule is CCc1nn(C)c(COc2ccc([C@@H](C)N)c(F)c2)c1Cl. The third kappa shape index (κ3) is 3.36. The van der Waals surface area contributed by atoms with Gasteiger partial charge in [0.25, 0.3) is 0 Å². The van der Waals surface area contributed by atoms with Crippen molar-refractivity contribution < 1.29 is 9.13 Å². The van der Waals surface area contributed by atoms with Gasteiger partial charge in [-0.1, -0.05) is 24.6 Å². The van der Waals surface area contributed by atoms with Crippen molar-refractivity contribution in [2.24, 2.45) is 12.8 Å². The first-order valence-electron chi connectivity index (χ1n) is 6.82. The highest BCUT2D eigenvalue weighted by molar-refractivity contribution is 6.31. The van der Waals surface area contributed by atoms with Crippen molar-refractivity contribution in [3.05, 3.63) is 46.0 Å². The molecule has 6 heteroatoms. The highest BCUT2D eigenvalue weighted by Gasteiger charge is 2.14. The average Bonchev–Trinajstić information content (AvgIpc) is 2.71. The smallest absolute Gasteiger partial charge is 0.131 e. The Morgan fingerprint density at radius 3 is 2.71 bits per heavy atom. The van der Waals surface area contributed by atoms with Crippen LogP contribution >= 0.6 is 11.6 Å². The summed E-state index contributed by atoms with van der Waals surface area (Å²) in [5, 5.41) is 4.91. The molecule has 2 aromatic rings. The first kappa shape index (κ1) is 15.8. The van der Waals surface area contributed by atoms with E-state index in [-0.39, 0.29) is 18.5 Å². The normalized spacial score (nSPS) is 12.5. The first-order chi connectivity index (χ1) is 9.93. The van der Waals surface area contributed by atoms with Gasteiger partial charge in [0, 0.05) is 24.7 Å². The Kier molecular flexibility index (Phi) is 4.85. The molecular weight excluding hydrogens is 293 g/mol. The summed E-state index contributed by atoms with van der Waals surface area (Å²) in [6.07, 6.45) is 0.754. The summed E-state index contributed by atoms with van der Waals surface area (Å²) < 4.78 is 21.1. The Labute approximate surface area is 128 Å². The zero-order valence-electron chi connectivity index (χ0n) is 12.4. The molecule has 0 radical (unpaired) electrons. The van der Waals surface area contributed by atoms with Gasteiger partial charge in [-0.15, -0.1) is 0 Å². The van der Waals surface area contributed by atoms with Gasteiger partial charge in [-0.3, -0.25) is 4.68 Å². The number of aryl methyl sites for hydroxylation is 2. The highest BCUT2D eigenvalue weighted by atomic mass is 35.5. The van der Waals surface area contributed by atoms with E-state index in [0.29, 0.717) is 16.3 Å². The zero-order chi connectivity index (χ0) is 15.6. The molecule has 0 amide bonds. The van der Waals surface area contributed by atoms with E-state index in [0.717, 1.165) is 17.8 Å². The van der Waals surface area contributed by atoms with Crippen molar-refractivity contribution in [1.29, 1.82) is 0 Å². The predicted octanol–water partition coefficient (Wildman–Crippen LogP) is 3.37. The molecule has 0 fully saturated rings. The van der Waals surface area contributed by atoms with Gasteiger partial charge >= 0.3 is 0 Å². The fourth-order valence-electron chi connectivity index (χ4n) is 2.10. The van der Waals surface area contributed by atoms with Crippen LogP contribution in [0.5, 0.6) is 5.75 Å². The maximum Gasteiger partial charge on any atom is 0.131 e. The van der Waals surface area contributed by atoms with E-state index >= 15 is 0 Å². The number of rotatable bonds is 5. The second kappa shape index (κ2) is 6.45. The quantitative estimate of drug-likeness (QED) is 0.921. The number of hydrogen-bond acceptors (Lipinski definition) is 3. The average molecular weight is 312 g/mol. The third-order valence-electron chi connectivity index (χ3n) is 3.34. The minimum Gasteiger partial charge on any atom is -0.487 e. The number of hydrogen-bond donors (Lipinski definition) is 1. The van der Waals surface area contributed by atoms with Crippen molar-refractivity contribution in [3.63, 3.8) is 0 Å². The van der Waals surface area contributed by atoms with Crippen LogP contribution in [0.2, 0.25) is 5.02 Å². The summed E-state index contributed by atoms with van der Waals surface area (Å²) in [5.41, 5.74) is 7.74. The van der Waals surface area contributed by atoms with E-state index in [1.807, 2.05) is 14.0 Å². The Morgan fingerprint density at radius 2 is 2.19 bits per heavy atom. The summed E-state index contributed by atoms with van der Waals surface area (Å²) in [6.45, 7) is 3.96. The second-order valence-corrected chi connectivity index (χ2v) is 5.32. The summed E-state index contributed by atoms with van der Waals surface area (Å²) in [5.74, 6) is 0.0695. The van der Waals surface area contributed by atoms with Crippen LogP contribution in [0.1, 0.15) is 36.8 Å². The molecule has 0 spiro atoms. The molecule has 21 heavy (non-hydrogen) atoms. The van der Waals surface area contributed by atoms with Crippen LogP contribution in [0.4, 0.5) is 4.39 Å². The largest absolute Gasteiger partial charge is 0.487 e. The van der Waals surface area contributed by atoms with Gasteiger partial charge in [-0.05, 0) is 19.4 Å². The molecule has 0 aliphatic heterocycles. The van der Waals surface area contributed by atoms with Gasteiger partial charge in [0.15, 0.2) is 0 Å². The fourth-order valence-corrected chi connectivity index (χ4v) is 2.44. The monoisotopic (exact) mass is 311 g/mol. The number of halogens is 2. The molecule has 0 saturated heterocycles. The Balaban J connectivity index is 2.13. The van der Waals surface area contributed by atoms with Crippen molar-refractivity contribution in [2.75, 3.05) is 0 Å². The van der Waals surface area contributed by atoms with Crippen molar-refractivity contribution in [3.8, 4) is 5.75 Å². The first-order valence-corrected chi connectivity index (χ1v) is 7.19. The summed E-state index contributed by atoms with van der Waals surface area (Å²) in [6, 6.07) is 4.33. The van der Waals surface area contributed by atoms with Crippen LogP contribution in [-0.4, -0.2) is 9.78 Å². The minimum atomic E-state index is -0.368. The molecule has 4 nitrogen and oxygen atoms in total. The predicted molar refractivity (Wildman–Crippen MR) is 80.9 cm³/mol. The molecule has 0 aliphatic rings. The van der Waals surface area contributed by atoms with Gasteiger partial charge in [-0.25, -0.2) is 4.39 Å². The lowest BCUT2D eigenvalue weighted by molar-refractivity contribution is 0.293. The standard InChI is InChI=1S/C15H19ClFN3O/c1-4-13-15(16)14(20(3)19-13)8-21-10-5-6-11(9(2)18)12(17)7-10/h5-7,9H,4,8,18H2,1-3H3/t9-/m1/s1. The summed E-state index contributed by atoms with van der Waals surface area (Å²) in [4.78, 5) is 0. The Hall–Kier alpha value is -1.59. The lowest BCUT2D eigenvalue weighted by Crippen LogP contribution is -2.08. The molecule has 0 bridgehead atoms. The van der Waals surface area contributed by atoms with Crippen molar-refractivity contribution >= 4 is 11.6 Å². The molecule has 0 saturated carbocycles. The van der Waals surface area contributed by atoms with E-state index in [1.54, 1.807) is 23.7 Å². The van der Waals surface area contributed by atoms with Gasteiger partial charge in [0.05, 0.1) is 16.4 Å². The molecule has 2 rings (SSSR count). The maximum absolute atomic E-state index is 13.8. The molecule has 0 unspecified atom stereocenters. The summed E-state index contributed by atoms with van der Waals surface area (Å²) >= 11 is 6.24. The van der Waals surface area contributed by atoms with E-state index in [2.05, 4.69) is 5.10 Å². The van der Waals surface area contributed by atoms with E-state index in [9.17, 15) is 4.39 Å². The molecule has 1 aromatic heterocycles. The van der Waals surface area contributed by atoms with Crippen LogP contribution in [0.15, 0.2) is 18.2 Å². The van der Waals surface area contributed by atoms with Crippen LogP contribution in [-0.2, 0) is 20.1 Å². The highest BCUT2D eigenvalue weighted by Crippen LogP contribution is 2.24. The zero-order valence-corrected chi connectivity index (χ0v) is 13.1. The molecule has 1 atom stereocenters. The Bertz CT molecular complexity index is 640. The lowest BCUT2D eigenvalue weighted by atomic mass is 10.1. The molecule has 1 aromatic carbocycles. The van der Waals surface area contributed by atoms with E-state index in [4.69, 9.17) is 22.1 Å². The molecule has 114 valence electrons. The van der Waals surface area contributed by atoms with Crippen molar-refractivity contribution in [2.45, 2.75) is 32.9 Å². The van der Waals surface area contributed by atoms with Gasteiger partial charge in [0.1, 0.15) is 18.2 Å². The number of ether oxygens (including phenoxy) is 1. The molecular formula is C15H19ClFN3O. The van der Waals surface area contributed by atoms with Crippen LogP contribution < -0.4 is 10.5 Å². The number of benzene rings is 1. The van der Waals surface area contributed by atoms with Crippen LogP contribution in [0, 0.1) is 5.82 Å². The molecule has 2 N–H and O–H groups in total. The third-order valence-corrected chi connectivity index (χ3v) is 3.78. The minimum absolute atomic E-state index is 0.235. The number of aromatic nitrogens is 2. The van der Waals surface area contributed by atoms with Gasteiger partial charge in [0.2, 0.25) is 0 Å². The van der Waals surface area contributed by atoms with Crippen LogP contribution in [0.25, 0.3) is 0 Å². The summed E-state index contributed by atoms with van der Waals surface area (Å²) in [7, 11) is 1.81. The molecule has 1 heterocycles. The fraction of sp³-hybridized carbons (Fsp3) is 0.400. The van der Waals surface area contributed by atoms with E-state index in [1.165, 1.54) is 6.07 Å². The van der Waals surface area contributed by atoms with Gasteiger partial charge < -0.3 is 10.5 Å². The number of nitrogens with zero attached hydrogens (tertiary/aromatic N) is 2. The second-order valence-electron chi connectivity index (χ2n) is 4.95. The topological polar surface area (TPSA) is 53.1 Å². The molecule has 0 aliphatic carbocycles. The number of nitrogens with two attached hydrogens (primary N) is 1.